The molecule has 2 heterocycles. The van der Waals surface area contributed by atoms with E-state index >= 15 is 0 Å². The minimum Gasteiger partial charge on any atom is -0.368 e. The topological polar surface area (TPSA) is 45.6 Å². The van der Waals surface area contributed by atoms with E-state index in [1.807, 2.05) is 18.2 Å². The lowest BCUT2D eigenvalue weighted by atomic mass is 10.2. The molecule has 1 amide bonds. The van der Waals surface area contributed by atoms with Crippen LogP contribution < -0.4 is 10.5 Å². The van der Waals surface area contributed by atoms with Gasteiger partial charge in [0.15, 0.2) is 0 Å². The Morgan fingerprint density at radius 2 is 1.64 bits per heavy atom. The lowest BCUT2D eigenvalue weighted by molar-refractivity contribution is 0.0744. The highest BCUT2D eigenvalue weighted by molar-refractivity contribution is 5.94. The van der Waals surface area contributed by atoms with Crippen molar-refractivity contribution in [2.24, 2.45) is 7.05 Å². The summed E-state index contributed by atoms with van der Waals surface area (Å²) in [6.45, 7) is 2.82. The third kappa shape index (κ3) is 2.74. The summed E-state index contributed by atoms with van der Waals surface area (Å²) in [4.78, 5) is 28.6. The summed E-state index contributed by atoms with van der Waals surface area (Å²) >= 11 is 0. The number of amides is 1. The predicted octanol–water partition coefficient (Wildman–Crippen LogP) is 1.35. The Morgan fingerprint density at radius 1 is 0.955 bits per heavy atom. The van der Waals surface area contributed by atoms with Crippen molar-refractivity contribution in [1.82, 2.24) is 9.47 Å². The van der Waals surface area contributed by atoms with Gasteiger partial charge in [0, 0.05) is 45.1 Å². The molecule has 0 bridgehead atoms. The molecule has 1 aromatic carbocycles. The molecule has 114 valence electrons. The minimum absolute atomic E-state index is 0.172. The number of carbonyl (C=O) groups excluding carboxylic acids is 1. The van der Waals surface area contributed by atoms with Gasteiger partial charge in [0.1, 0.15) is 5.56 Å². The van der Waals surface area contributed by atoms with Gasteiger partial charge in [-0.25, -0.2) is 0 Å². The van der Waals surface area contributed by atoms with E-state index in [0.717, 1.165) is 13.1 Å². The number of pyridine rings is 1. The molecule has 1 aliphatic rings. The van der Waals surface area contributed by atoms with Crippen LogP contribution in [0.1, 0.15) is 10.4 Å². The van der Waals surface area contributed by atoms with Gasteiger partial charge < -0.3 is 14.4 Å². The Morgan fingerprint density at radius 3 is 2.32 bits per heavy atom. The number of aromatic nitrogens is 1. The third-order valence-electron chi connectivity index (χ3n) is 4.04. The van der Waals surface area contributed by atoms with Crippen LogP contribution in [0, 0.1) is 0 Å². The van der Waals surface area contributed by atoms with Gasteiger partial charge in [0.25, 0.3) is 11.5 Å². The molecule has 22 heavy (non-hydrogen) atoms. The van der Waals surface area contributed by atoms with Gasteiger partial charge in [0.2, 0.25) is 0 Å². The average molecular weight is 297 g/mol. The van der Waals surface area contributed by atoms with Crippen LogP contribution in [0.2, 0.25) is 0 Å². The normalized spacial score (nSPS) is 15.0. The molecule has 1 fully saturated rings. The van der Waals surface area contributed by atoms with Crippen LogP contribution in [-0.2, 0) is 7.05 Å². The zero-order valence-corrected chi connectivity index (χ0v) is 12.6. The fourth-order valence-corrected chi connectivity index (χ4v) is 2.74. The maximum absolute atomic E-state index is 12.5. The van der Waals surface area contributed by atoms with Crippen LogP contribution in [-0.4, -0.2) is 41.6 Å². The van der Waals surface area contributed by atoms with E-state index in [4.69, 9.17) is 0 Å². The summed E-state index contributed by atoms with van der Waals surface area (Å²) in [7, 11) is 1.66. The zero-order valence-electron chi connectivity index (χ0n) is 12.6. The number of hydrogen-bond donors (Lipinski definition) is 0. The fourth-order valence-electron chi connectivity index (χ4n) is 2.74. The summed E-state index contributed by atoms with van der Waals surface area (Å²) in [5.41, 5.74) is 1.18. The number of para-hydroxylation sites is 1. The van der Waals surface area contributed by atoms with E-state index in [0.29, 0.717) is 13.1 Å². The number of piperazine rings is 1. The third-order valence-corrected chi connectivity index (χ3v) is 4.04. The highest BCUT2D eigenvalue weighted by Gasteiger charge is 2.24. The first kappa shape index (κ1) is 14.4. The zero-order chi connectivity index (χ0) is 15.5. The maximum Gasteiger partial charge on any atom is 0.263 e. The number of benzene rings is 1. The fraction of sp³-hybridized carbons (Fsp3) is 0.294. The molecule has 1 aliphatic heterocycles. The van der Waals surface area contributed by atoms with Crippen molar-refractivity contribution in [2.45, 2.75) is 0 Å². The van der Waals surface area contributed by atoms with Crippen molar-refractivity contribution in [1.29, 1.82) is 0 Å². The second kappa shape index (κ2) is 6.05. The molecule has 0 atom stereocenters. The molecule has 0 saturated carbocycles. The van der Waals surface area contributed by atoms with E-state index in [2.05, 4.69) is 17.0 Å². The second-order valence-corrected chi connectivity index (χ2v) is 5.45. The Bertz CT molecular complexity index is 716. The first-order chi connectivity index (χ1) is 10.7. The standard InChI is InChI=1S/C17H19N3O2/c1-18-9-5-8-15(16(18)21)17(22)20-12-10-19(11-13-20)14-6-3-2-4-7-14/h2-9H,10-13H2,1H3. The highest BCUT2D eigenvalue weighted by Crippen LogP contribution is 2.16. The van der Waals surface area contributed by atoms with Crippen LogP contribution in [0.5, 0.6) is 0 Å². The van der Waals surface area contributed by atoms with Crippen LogP contribution in [0.25, 0.3) is 0 Å². The van der Waals surface area contributed by atoms with Gasteiger partial charge in [-0.05, 0) is 24.3 Å². The Kier molecular flexibility index (Phi) is 3.96. The molecular formula is C17H19N3O2. The molecular weight excluding hydrogens is 278 g/mol. The van der Waals surface area contributed by atoms with E-state index in [1.165, 1.54) is 10.3 Å². The number of anilines is 1. The first-order valence-electron chi connectivity index (χ1n) is 7.42. The monoisotopic (exact) mass is 297 g/mol. The molecule has 0 aliphatic carbocycles. The molecule has 0 spiro atoms. The van der Waals surface area contributed by atoms with Gasteiger partial charge >= 0.3 is 0 Å². The molecule has 1 saturated heterocycles. The number of nitrogens with zero attached hydrogens (tertiary/aromatic N) is 3. The number of carbonyl (C=O) groups is 1. The van der Waals surface area contributed by atoms with Crippen molar-refractivity contribution >= 4 is 11.6 Å². The Labute approximate surface area is 129 Å². The lowest BCUT2D eigenvalue weighted by Crippen LogP contribution is -2.49. The summed E-state index contributed by atoms with van der Waals surface area (Å²) in [6, 6.07) is 13.5. The maximum atomic E-state index is 12.5. The SMILES string of the molecule is Cn1cccc(C(=O)N2CCN(c3ccccc3)CC2)c1=O. The molecule has 3 rings (SSSR count). The molecule has 0 radical (unpaired) electrons. The van der Waals surface area contributed by atoms with E-state index < -0.39 is 0 Å². The Hall–Kier alpha value is -2.56. The quantitative estimate of drug-likeness (QED) is 0.840. The first-order valence-corrected chi connectivity index (χ1v) is 7.42. The summed E-state index contributed by atoms with van der Waals surface area (Å²) in [5, 5.41) is 0. The molecule has 5 nitrogen and oxygen atoms in total. The van der Waals surface area contributed by atoms with Gasteiger partial charge in [-0.3, -0.25) is 9.59 Å². The van der Waals surface area contributed by atoms with Crippen molar-refractivity contribution in [3.05, 3.63) is 64.6 Å². The van der Waals surface area contributed by atoms with Gasteiger partial charge in [-0.1, -0.05) is 18.2 Å². The van der Waals surface area contributed by atoms with Crippen LogP contribution in [0.15, 0.2) is 53.5 Å². The summed E-state index contributed by atoms with van der Waals surface area (Å²) in [6.07, 6.45) is 1.66. The van der Waals surface area contributed by atoms with E-state index in [1.54, 1.807) is 30.3 Å². The van der Waals surface area contributed by atoms with Crippen LogP contribution in [0.3, 0.4) is 0 Å². The molecule has 0 N–H and O–H groups in total. The minimum atomic E-state index is -0.238. The van der Waals surface area contributed by atoms with Crippen molar-refractivity contribution in [3.63, 3.8) is 0 Å². The molecule has 0 unspecified atom stereocenters. The van der Waals surface area contributed by atoms with Crippen LogP contribution >= 0.6 is 0 Å². The van der Waals surface area contributed by atoms with Gasteiger partial charge in [-0.2, -0.15) is 0 Å². The molecule has 2 aromatic rings. The van der Waals surface area contributed by atoms with Crippen molar-refractivity contribution in [2.75, 3.05) is 31.1 Å². The molecule has 5 heteroatoms. The smallest absolute Gasteiger partial charge is 0.263 e. The average Bonchev–Trinajstić information content (AvgIpc) is 2.58. The molecule has 1 aromatic heterocycles. The van der Waals surface area contributed by atoms with Crippen LogP contribution in [0.4, 0.5) is 5.69 Å². The predicted molar refractivity (Wildman–Crippen MR) is 86.2 cm³/mol. The lowest BCUT2D eigenvalue weighted by Gasteiger charge is -2.36. The van der Waals surface area contributed by atoms with Gasteiger partial charge in [0.05, 0.1) is 0 Å². The Balaban J connectivity index is 1.70. The number of aryl methyl sites for hydroxylation is 1. The van der Waals surface area contributed by atoms with E-state index in [-0.39, 0.29) is 17.0 Å². The van der Waals surface area contributed by atoms with Crippen molar-refractivity contribution in [3.8, 4) is 0 Å². The van der Waals surface area contributed by atoms with E-state index in [9.17, 15) is 9.59 Å². The number of hydrogen-bond acceptors (Lipinski definition) is 3. The van der Waals surface area contributed by atoms with Crippen molar-refractivity contribution < 1.29 is 4.79 Å². The summed E-state index contributed by atoms with van der Waals surface area (Å²) < 4.78 is 1.44. The highest BCUT2D eigenvalue weighted by atomic mass is 16.2. The largest absolute Gasteiger partial charge is 0.368 e. The second-order valence-electron chi connectivity index (χ2n) is 5.45. The number of rotatable bonds is 2. The summed E-state index contributed by atoms with van der Waals surface area (Å²) in [5.74, 6) is -0.172. The van der Waals surface area contributed by atoms with Gasteiger partial charge in [-0.15, -0.1) is 0 Å².